The molecule has 6 heteroatoms. The maximum atomic E-state index is 10.9. The van der Waals surface area contributed by atoms with Gasteiger partial charge in [0.1, 0.15) is 0 Å². The van der Waals surface area contributed by atoms with E-state index in [1.54, 1.807) is 12.1 Å². The molecule has 1 aromatic carbocycles. The van der Waals surface area contributed by atoms with Crippen LogP contribution in [0.4, 0.5) is 10.5 Å². The van der Waals surface area contributed by atoms with Gasteiger partial charge in [0.2, 0.25) is 0 Å². The Labute approximate surface area is 99.5 Å². The predicted octanol–water partition coefficient (Wildman–Crippen LogP) is 3.93. The van der Waals surface area contributed by atoms with Crippen molar-refractivity contribution in [3.05, 3.63) is 26.7 Å². The molecule has 0 spiro atoms. The molecule has 1 rings (SSSR count). The summed E-state index contributed by atoms with van der Waals surface area (Å²) >= 11 is 14.9. The van der Waals surface area contributed by atoms with Gasteiger partial charge in [-0.25, -0.2) is 4.79 Å². The number of methoxy groups -OCH3 is 1. The molecule has 0 aromatic heterocycles. The Kier molecular flexibility index (Phi) is 4.04. The van der Waals surface area contributed by atoms with Crippen LogP contribution in [-0.4, -0.2) is 13.2 Å². The van der Waals surface area contributed by atoms with E-state index >= 15 is 0 Å². The summed E-state index contributed by atoms with van der Waals surface area (Å²) in [6.07, 6.45) is -0.615. The van der Waals surface area contributed by atoms with Gasteiger partial charge >= 0.3 is 6.09 Å². The van der Waals surface area contributed by atoms with E-state index in [9.17, 15) is 4.79 Å². The number of ether oxygens (including phenoxy) is 1. The van der Waals surface area contributed by atoms with E-state index in [1.807, 2.05) is 0 Å². The van der Waals surface area contributed by atoms with E-state index in [2.05, 4.69) is 26.0 Å². The number of benzene rings is 1. The largest absolute Gasteiger partial charge is 0.453 e. The van der Waals surface area contributed by atoms with Crippen LogP contribution >= 0.6 is 39.1 Å². The van der Waals surface area contributed by atoms with Gasteiger partial charge in [-0.2, -0.15) is 0 Å². The first-order valence-corrected chi connectivity index (χ1v) is 5.09. The second-order valence-electron chi connectivity index (χ2n) is 2.36. The van der Waals surface area contributed by atoms with Crippen molar-refractivity contribution in [1.29, 1.82) is 0 Å². The summed E-state index contributed by atoms with van der Waals surface area (Å²) in [6.45, 7) is 0. The van der Waals surface area contributed by atoms with Crippen LogP contribution in [0.2, 0.25) is 10.0 Å². The highest BCUT2D eigenvalue weighted by Gasteiger charge is 2.10. The van der Waals surface area contributed by atoms with Gasteiger partial charge in [0.25, 0.3) is 0 Å². The van der Waals surface area contributed by atoms with Crippen LogP contribution < -0.4 is 5.32 Å². The average Bonchev–Trinajstić information content (AvgIpc) is 2.10. The first-order valence-electron chi connectivity index (χ1n) is 3.54. The molecule has 1 N–H and O–H groups in total. The molecule has 0 aliphatic rings. The van der Waals surface area contributed by atoms with E-state index in [1.165, 1.54) is 7.11 Å². The van der Waals surface area contributed by atoms with Gasteiger partial charge in [0, 0.05) is 4.47 Å². The summed E-state index contributed by atoms with van der Waals surface area (Å²) in [5.74, 6) is 0. The van der Waals surface area contributed by atoms with Crippen molar-refractivity contribution < 1.29 is 9.53 Å². The minimum absolute atomic E-state index is 0.336. The highest BCUT2D eigenvalue weighted by molar-refractivity contribution is 9.10. The second kappa shape index (κ2) is 4.87. The van der Waals surface area contributed by atoms with Crippen molar-refractivity contribution >= 4 is 50.9 Å². The molecule has 0 aliphatic heterocycles. The first-order chi connectivity index (χ1) is 6.54. The SMILES string of the molecule is COC(=O)Nc1c(Cl)cc(Br)cc1Cl. The molecule has 0 fully saturated rings. The molecule has 0 bridgehead atoms. The Balaban J connectivity index is 3.02. The zero-order valence-corrected chi connectivity index (χ0v) is 10.2. The molecule has 1 aromatic rings. The van der Waals surface area contributed by atoms with Gasteiger partial charge in [-0.05, 0) is 12.1 Å². The van der Waals surface area contributed by atoms with Crippen LogP contribution in [0.15, 0.2) is 16.6 Å². The molecule has 0 atom stereocenters. The van der Waals surface area contributed by atoms with Crippen molar-refractivity contribution in [3.63, 3.8) is 0 Å². The minimum Gasteiger partial charge on any atom is -0.453 e. The number of carbonyl (C=O) groups excluding carboxylic acids is 1. The average molecular weight is 299 g/mol. The molecule has 0 unspecified atom stereocenters. The molecular formula is C8H6BrCl2NO2. The smallest absolute Gasteiger partial charge is 0.411 e. The maximum absolute atomic E-state index is 10.9. The van der Waals surface area contributed by atoms with Gasteiger partial charge in [0.15, 0.2) is 0 Å². The van der Waals surface area contributed by atoms with Gasteiger partial charge in [-0.15, -0.1) is 0 Å². The van der Waals surface area contributed by atoms with Crippen LogP contribution in [0.3, 0.4) is 0 Å². The molecule has 76 valence electrons. The summed E-state index contributed by atoms with van der Waals surface area (Å²) in [5, 5.41) is 3.09. The normalized spacial score (nSPS) is 9.71. The van der Waals surface area contributed by atoms with Crippen molar-refractivity contribution in [1.82, 2.24) is 0 Å². The Morgan fingerprint density at radius 2 is 1.93 bits per heavy atom. The van der Waals surface area contributed by atoms with Crippen LogP contribution in [0.25, 0.3) is 0 Å². The van der Waals surface area contributed by atoms with Crippen molar-refractivity contribution in [2.45, 2.75) is 0 Å². The number of anilines is 1. The second-order valence-corrected chi connectivity index (χ2v) is 4.09. The van der Waals surface area contributed by atoms with Crippen molar-refractivity contribution in [2.75, 3.05) is 12.4 Å². The lowest BCUT2D eigenvalue weighted by atomic mass is 10.3. The predicted molar refractivity (Wildman–Crippen MR) is 60.2 cm³/mol. The number of halogens is 3. The number of nitrogens with one attached hydrogen (secondary N) is 1. The summed E-state index contributed by atoms with van der Waals surface area (Å²) in [4.78, 5) is 10.9. The maximum Gasteiger partial charge on any atom is 0.411 e. The number of carbonyl (C=O) groups is 1. The first kappa shape index (κ1) is 11.6. The van der Waals surface area contributed by atoms with Crippen molar-refractivity contribution in [3.8, 4) is 0 Å². The Morgan fingerprint density at radius 1 is 1.43 bits per heavy atom. The number of hydrogen-bond acceptors (Lipinski definition) is 2. The summed E-state index contributed by atoms with van der Waals surface area (Å²) < 4.78 is 5.15. The third-order valence-corrected chi connectivity index (χ3v) is 2.47. The molecule has 1 amide bonds. The lowest BCUT2D eigenvalue weighted by molar-refractivity contribution is 0.187. The number of amides is 1. The summed E-state index contributed by atoms with van der Waals surface area (Å²) in [5.41, 5.74) is 0.336. The third-order valence-electron chi connectivity index (χ3n) is 1.42. The molecule has 0 saturated heterocycles. The highest BCUT2D eigenvalue weighted by Crippen LogP contribution is 2.33. The van der Waals surface area contributed by atoms with E-state index < -0.39 is 6.09 Å². The molecule has 0 radical (unpaired) electrons. The summed E-state index contributed by atoms with van der Waals surface area (Å²) in [6, 6.07) is 3.25. The lowest BCUT2D eigenvalue weighted by Gasteiger charge is -2.08. The van der Waals surface area contributed by atoms with Crippen LogP contribution in [0, 0.1) is 0 Å². The van der Waals surface area contributed by atoms with Gasteiger partial charge in [-0.3, -0.25) is 5.32 Å². The van der Waals surface area contributed by atoms with E-state index in [4.69, 9.17) is 23.2 Å². The van der Waals surface area contributed by atoms with Crippen molar-refractivity contribution in [2.24, 2.45) is 0 Å². The lowest BCUT2D eigenvalue weighted by Crippen LogP contribution is -2.11. The zero-order chi connectivity index (χ0) is 10.7. The fourth-order valence-electron chi connectivity index (χ4n) is 0.815. The minimum atomic E-state index is -0.615. The Hall–Kier alpha value is -0.450. The monoisotopic (exact) mass is 297 g/mol. The fraction of sp³-hybridized carbons (Fsp3) is 0.125. The van der Waals surface area contributed by atoms with E-state index in [0.29, 0.717) is 15.7 Å². The van der Waals surface area contributed by atoms with E-state index in [0.717, 1.165) is 4.47 Å². The highest BCUT2D eigenvalue weighted by atomic mass is 79.9. The fourth-order valence-corrected chi connectivity index (χ4v) is 2.12. The Morgan fingerprint density at radius 3 is 2.36 bits per heavy atom. The van der Waals surface area contributed by atoms with Crippen LogP contribution in [0.5, 0.6) is 0 Å². The zero-order valence-electron chi connectivity index (χ0n) is 7.11. The standard InChI is InChI=1S/C8H6BrCl2NO2/c1-14-8(13)12-7-5(10)2-4(9)3-6(7)11/h2-3H,1H3,(H,12,13). The number of hydrogen-bond donors (Lipinski definition) is 1. The Bertz CT molecular complexity index is 347. The molecule has 3 nitrogen and oxygen atoms in total. The molecule has 0 saturated carbocycles. The van der Waals surface area contributed by atoms with E-state index in [-0.39, 0.29) is 0 Å². The van der Waals surface area contributed by atoms with Gasteiger partial charge in [0.05, 0.1) is 22.8 Å². The quantitative estimate of drug-likeness (QED) is 0.853. The molecule has 0 aliphatic carbocycles. The molecule has 0 heterocycles. The molecule has 14 heavy (non-hydrogen) atoms. The topological polar surface area (TPSA) is 38.3 Å². The molecular weight excluding hydrogens is 293 g/mol. The van der Waals surface area contributed by atoms with Gasteiger partial charge in [-0.1, -0.05) is 39.1 Å². The third kappa shape index (κ3) is 2.77. The van der Waals surface area contributed by atoms with Crippen LogP contribution in [0.1, 0.15) is 0 Å². The number of rotatable bonds is 1. The summed E-state index contributed by atoms with van der Waals surface area (Å²) in [7, 11) is 1.26. The van der Waals surface area contributed by atoms with Crippen LogP contribution in [-0.2, 0) is 4.74 Å². The van der Waals surface area contributed by atoms with Gasteiger partial charge < -0.3 is 4.74 Å².